The summed E-state index contributed by atoms with van der Waals surface area (Å²) in [6.07, 6.45) is 0.998. The molecule has 6 nitrogen and oxygen atoms in total. The van der Waals surface area contributed by atoms with Gasteiger partial charge in [0.05, 0.1) is 4.75 Å². The van der Waals surface area contributed by atoms with Gasteiger partial charge in [0.15, 0.2) is 0 Å². The van der Waals surface area contributed by atoms with Crippen LogP contribution in [-0.4, -0.2) is 32.3 Å². The van der Waals surface area contributed by atoms with Gasteiger partial charge >= 0.3 is 5.97 Å². The number of esters is 1. The van der Waals surface area contributed by atoms with E-state index in [1.54, 1.807) is 0 Å². The monoisotopic (exact) mass is 253 g/mol. The van der Waals surface area contributed by atoms with Crippen LogP contribution < -0.4 is 6.15 Å². The summed E-state index contributed by atoms with van der Waals surface area (Å²) >= 11 is 0. The summed E-state index contributed by atoms with van der Waals surface area (Å²) in [7, 11) is -3.62. The molecule has 96 valence electrons. The maximum absolute atomic E-state index is 11.4. The molecule has 7 heteroatoms. The standard InChI is InChI=1S/C9H16O5S.H3N/c1-5-8(10)13-6-7-14-15(11,12)9(2,3)4;/h5H,1,6-7H2,2-4H3;1H3. The van der Waals surface area contributed by atoms with Crippen molar-refractivity contribution in [2.75, 3.05) is 13.2 Å². The Bertz CT molecular complexity index is 328. The molecule has 0 saturated carbocycles. The summed E-state index contributed by atoms with van der Waals surface area (Å²) in [6, 6.07) is 0. The first-order valence-electron chi connectivity index (χ1n) is 4.39. The number of rotatable bonds is 5. The SMILES string of the molecule is C=CC(=O)OCCOS(=O)(=O)C(C)(C)C.N. The number of carbonyl (C=O) groups excluding carboxylic acids is 1. The van der Waals surface area contributed by atoms with Crippen LogP contribution in [0.5, 0.6) is 0 Å². The van der Waals surface area contributed by atoms with E-state index in [4.69, 9.17) is 0 Å². The van der Waals surface area contributed by atoms with Crippen molar-refractivity contribution in [2.45, 2.75) is 25.5 Å². The highest BCUT2D eigenvalue weighted by Crippen LogP contribution is 2.16. The molecule has 0 aromatic carbocycles. The van der Waals surface area contributed by atoms with E-state index in [-0.39, 0.29) is 19.4 Å². The topological polar surface area (TPSA) is 105 Å². The third-order valence-electron chi connectivity index (χ3n) is 1.48. The lowest BCUT2D eigenvalue weighted by atomic mass is 10.3. The molecular weight excluding hydrogens is 234 g/mol. The van der Waals surface area contributed by atoms with Gasteiger partial charge in [-0.25, -0.2) is 4.79 Å². The van der Waals surface area contributed by atoms with Crippen LogP contribution in [0.4, 0.5) is 0 Å². The van der Waals surface area contributed by atoms with E-state index in [2.05, 4.69) is 15.5 Å². The fourth-order valence-electron chi connectivity index (χ4n) is 0.522. The van der Waals surface area contributed by atoms with E-state index in [0.717, 1.165) is 6.08 Å². The van der Waals surface area contributed by atoms with Crippen molar-refractivity contribution in [1.29, 1.82) is 0 Å². The smallest absolute Gasteiger partial charge is 0.330 e. The third kappa shape index (κ3) is 5.84. The average Bonchev–Trinajstić information content (AvgIpc) is 2.10. The molecule has 0 aromatic rings. The Morgan fingerprint density at radius 2 is 1.81 bits per heavy atom. The molecule has 0 fully saturated rings. The van der Waals surface area contributed by atoms with Crippen LogP contribution in [-0.2, 0) is 23.8 Å². The Morgan fingerprint density at radius 3 is 2.19 bits per heavy atom. The van der Waals surface area contributed by atoms with E-state index >= 15 is 0 Å². The second kappa shape index (κ2) is 6.62. The molecule has 0 heterocycles. The van der Waals surface area contributed by atoms with Crippen LogP contribution in [0, 0.1) is 0 Å². The van der Waals surface area contributed by atoms with E-state index in [1.807, 2.05) is 0 Å². The van der Waals surface area contributed by atoms with Crippen LogP contribution in [0.25, 0.3) is 0 Å². The molecule has 0 spiro atoms. The molecule has 3 N–H and O–H groups in total. The van der Waals surface area contributed by atoms with Crippen molar-refractivity contribution < 1.29 is 22.1 Å². The minimum atomic E-state index is -3.62. The van der Waals surface area contributed by atoms with Crippen molar-refractivity contribution in [3.05, 3.63) is 12.7 Å². The molecule has 0 radical (unpaired) electrons. The van der Waals surface area contributed by atoms with Gasteiger partial charge in [-0.05, 0) is 20.8 Å². The summed E-state index contributed by atoms with van der Waals surface area (Å²) in [5, 5.41) is 0. The van der Waals surface area contributed by atoms with Gasteiger partial charge in [0.2, 0.25) is 0 Å². The van der Waals surface area contributed by atoms with E-state index in [1.165, 1.54) is 20.8 Å². The number of ether oxygens (including phenoxy) is 1. The van der Waals surface area contributed by atoms with E-state index in [9.17, 15) is 13.2 Å². The first-order chi connectivity index (χ1) is 6.70. The maximum Gasteiger partial charge on any atom is 0.330 e. The second-order valence-electron chi connectivity index (χ2n) is 3.76. The molecule has 0 atom stereocenters. The average molecular weight is 253 g/mol. The molecule has 0 saturated heterocycles. The van der Waals surface area contributed by atoms with Gasteiger partial charge in [-0.1, -0.05) is 6.58 Å². The molecule has 0 amide bonds. The second-order valence-corrected chi connectivity index (χ2v) is 6.13. The van der Waals surface area contributed by atoms with Gasteiger partial charge in [-0.2, -0.15) is 8.42 Å². The highest BCUT2D eigenvalue weighted by Gasteiger charge is 2.29. The van der Waals surface area contributed by atoms with Crippen molar-refractivity contribution in [3.63, 3.8) is 0 Å². The van der Waals surface area contributed by atoms with Gasteiger partial charge in [-0.15, -0.1) is 0 Å². The molecule has 0 unspecified atom stereocenters. The van der Waals surface area contributed by atoms with Gasteiger partial charge in [-0.3, -0.25) is 4.18 Å². The van der Waals surface area contributed by atoms with Gasteiger partial charge in [0.1, 0.15) is 13.2 Å². The number of hydrogen-bond donors (Lipinski definition) is 1. The summed E-state index contributed by atoms with van der Waals surface area (Å²) in [5.41, 5.74) is 0. The normalized spacial score (nSPS) is 11.4. The fraction of sp³-hybridized carbons (Fsp3) is 0.667. The molecule has 0 aliphatic rings. The van der Waals surface area contributed by atoms with Crippen LogP contribution in [0.3, 0.4) is 0 Å². The zero-order valence-electron chi connectivity index (χ0n) is 9.86. The van der Waals surface area contributed by atoms with Crippen LogP contribution >= 0.6 is 0 Å². The minimum absolute atomic E-state index is 0. The summed E-state index contributed by atoms with van der Waals surface area (Å²) < 4.78 is 31.0. The third-order valence-corrected chi connectivity index (χ3v) is 3.46. The lowest BCUT2D eigenvalue weighted by molar-refractivity contribution is -0.138. The lowest BCUT2D eigenvalue weighted by Gasteiger charge is -2.18. The molecule has 0 aromatic heterocycles. The van der Waals surface area contributed by atoms with Crippen molar-refractivity contribution in [1.82, 2.24) is 6.15 Å². The highest BCUT2D eigenvalue weighted by molar-refractivity contribution is 7.88. The number of hydrogen-bond acceptors (Lipinski definition) is 6. The quantitative estimate of drug-likeness (QED) is 0.339. The maximum atomic E-state index is 11.4. The Morgan fingerprint density at radius 1 is 1.31 bits per heavy atom. The Labute approximate surface area is 96.3 Å². The molecule has 0 bridgehead atoms. The first kappa shape index (κ1) is 17.5. The van der Waals surface area contributed by atoms with Crippen molar-refractivity contribution in [2.24, 2.45) is 0 Å². The van der Waals surface area contributed by atoms with Gasteiger partial charge in [0, 0.05) is 6.08 Å². The predicted octanol–water partition coefficient (Wildman–Crippen LogP) is 1.02. The molecule has 0 aliphatic heterocycles. The first-order valence-corrected chi connectivity index (χ1v) is 5.79. The fourth-order valence-corrected chi connectivity index (χ4v) is 1.16. The summed E-state index contributed by atoms with van der Waals surface area (Å²) in [5.74, 6) is -0.605. The summed E-state index contributed by atoms with van der Waals surface area (Å²) in [4.78, 5) is 10.6. The van der Waals surface area contributed by atoms with Gasteiger partial charge in [0.25, 0.3) is 10.1 Å². The van der Waals surface area contributed by atoms with Crippen molar-refractivity contribution in [3.8, 4) is 0 Å². The zero-order valence-corrected chi connectivity index (χ0v) is 10.7. The summed E-state index contributed by atoms with van der Waals surface area (Å²) in [6.45, 7) is 7.48. The lowest BCUT2D eigenvalue weighted by Crippen LogP contribution is -2.30. The van der Waals surface area contributed by atoms with Crippen LogP contribution in [0.15, 0.2) is 12.7 Å². The Kier molecular flexibility index (Phi) is 7.23. The van der Waals surface area contributed by atoms with Crippen LogP contribution in [0.1, 0.15) is 20.8 Å². The van der Waals surface area contributed by atoms with E-state index in [0.29, 0.717) is 0 Å². The molecular formula is C9H19NO5S. The molecule has 0 aliphatic carbocycles. The molecule has 0 rings (SSSR count). The Hall–Kier alpha value is -0.920. The zero-order chi connectivity index (χ0) is 12.1. The van der Waals surface area contributed by atoms with E-state index < -0.39 is 20.8 Å². The predicted molar refractivity (Wildman–Crippen MR) is 60.8 cm³/mol. The van der Waals surface area contributed by atoms with Crippen LogP contribution in [0.2, 0.25) is 0 Å². The van der Waals surface area contributed by atoms with Gasteiger partial charge < -0.3 is 10.9 Å². The largest absolute Gasteiger partial charge is 0.460 e. The number of carbonyl (C=O) groups is 1. The Balaban J connectivity index is 0. The van der Waals surface area contributed by atoms with Crippen molar-refractivity contribution >= 4 is 16.1 Å². The highest BCUT2D eigenvalue weighted by atomic mass is 32.2. The molecule has 16 heavy (non-hydrogen) atoms. The minimum Gasteiger partial charge on any atom is -0.460 e.